The molecule has 0 bridgehead atoms. The van der Waals surface area contributed by atoms with E-state index in [1.165, 1.54) is 198 Å². The molecule has 0 fully saturated rings. The summed E-state index contributed by atoms with van der Waals surface area (Å²) >= 11 is 0. The van der Waals surface area contributed by atoms with Crippen molar-refractivity contribution in [3.05, 3.63) is 338 Å². The van der Waals surface area contributed by atoms with Crippen LogP contribution < -0.4 is 84.5 Å². The average molecular weight is 1430 g/mol. The van der Waals surface area contributed by atoms with Gasteiger partial charge in [0, 0.05) is 65.8 Å². The fourth-order valence-corrected chi connectivity index (χ4v) is 21.0. The molecule has 8 aliphatic rings. The summed E-state index contributed by atoms with van der Waals surface area (Å²) in [6.45, 7) is 9.58. The first-order chi connectivity index (χ1) is 55.3. The van der Waals surface area contributed by atoms with Crippen LogP contribution in [-0.2, 0) is 0 Å². The Morgan fingerprint density at radius 1 is 0.205 bits per heavy atom. The van der Waals surface area contributed by atoms with Gasteiger partial charge in [0.05, 0.1) is 44.1 Å². The summed E-state index contributed by atoms with van der Waals surface area (Å²) in [5.41, 5.74) is 36.2. The molecule has 4 aromatic heterocycles. The molecule has 112 heavy (non-hydrogen) atoms. The van der Waals surface area contributed by atoms with E-state index in [1.54, 1.807) is 0 Å². The van der Waals surface area contributed by atoms with Crippen molar-refractivity contribution in [2.45, 2.75) is 27.7 Å². The Hall–Kier alpha value is -13.8. The third-order valence-corrected chi connectivity index (χ3v) is 25.4. The van der Waals surface area contributed by atoms with Gasteiger partial charge in [-0.1, -0.05) is 206 Å². The summed E-state index contributed by atoms with van der Waals surface area (Å²) in [6, 6.07) is 113. The van der Waals surface area contributed by atoms with Crippen molar-refractivity contribution in [2.24, 2.45) is 0 Å². The highest BCUT2D eigenvalue weighted by Crippen LogP contribution is 2.45. The molecule has 0 atom stereocenters. The van der Waals surface area contributed by atoms with E-state index in [1.807, 2.05) is 0 Å². The van der Waals surface area contributed by atoms with Crippen molar-refractivity contribution in [3.8, 4) is 68.7 Å². The normalized spacial score (nSPS) is 13.4. The van der Waals surface area contributed by atoms with Gasteiger partial charge < -0.3 is 37.2 Å². The third kappa shape index (κ3) is 8.29. The van der Waals surface area contributed by atoms with E-state index in [-0.39, 0.29) is 26.9 Å². The van der Waals surface area contributed by atoms with Crippen molar-refractivity contribution < 1.29 is 18.9 Å². The van der Waals surface area contributed by atoms with Crippen LogP contribution in [0.4, 0.5) is 0 Å². The predicted molar refractivity (Wildman–Crippen MR) is 467 cm³/mol. The highest BCUT2D eigenvalue weighted by molar-refractivity contribution is 7.01. The van der Waals surface area contributed by atoms with E-state index in [0.29, 0.717) is 0 Å². The van der Waals surface area contributed by atoms with Crippen molar-refractivity contribution >= 4 is 180 Å². The second-order valence-corrected chi connectivity index (χ2v) is 31.3. The third-order valence-electron chi connectivity index (χ3n) is 25.4. The molecule has 28 rings (SSSR count). The molecule has 0 saturated carbocycles. The molecular weight excluding hydrogens is 1360 g/mol. The number of para-hydroxylation sites is 10. The molecule has 12 heteroatoms. The maximum Gasteiger partial charge on any atom is 0.256 e. The molecule has 0 spiro atoms. The number of aromatic nitrogens is 4. The number of ether oxygens (including phenoxy) is 4. The summed E-state index contributed by atoms with van der Waals surface area (Å²) in [4.78, 5) is 0. The maximum absolute atomic E-state index is 6.37. The zero-order valence-corrected chi connectivity index (χ0v) is 61.8. The second kappa shape index (κ2) is 22.9. The smallest absolute Gasteiger partial charge is 0.256 e. The lowest BCUT2D eigenvalue weighted by Gasteiger charge is -2.33. The predicted octanol–water partition coefficient (Wildman–Crippen LogP) is 16.1. The Morgan fingerprint density at radius 3 is 1.06 bits per heavy atom. The van der Waals surface area contributed by atoms with E-state index >= 15 is 0 Å². The summed E-state index contributed by atoms with van der Waals surface area (Å²) in [6.07, 6.45) is 0. The topological polar surface area (TPSA) is 56.6 Å². The van der Waals surface area contributed by atoms with Gasteiger partial charge in [-0.25, -0.2) is 0 Å². The Labute approximate surface area is 646 Å². The second-order valence-electron chi connectivity index (χ2n) is 31.3. The number of benzene rings is 16. The summed E-state index contributed by atoms with van der Waals surface area (Å²) < 4.78 is 35.3. The van der Waals surface area contributed by atoms with Gasteiger partial charge in [-0.3, -0.25) is 0 Å². The number of hydrogen-bond donors (Lipinski definition) is 0. The summed E-state index contributed by atoms with van der Waals surface area (Å²) in [7, 11) is 0. The van der Waals surface area contributed by atoms with Crippen molar-refractivity contribution in [3.63, 3.8) is 0 Å². The first kappa shape index (κ1) is 62.1. The van der Waals surface area contributed by atoms with E-state index in [9.17, 15) is 0 Å². The molecule has 16 aromatic carbocycles. The van der Waals surface area contributed by atoms with Crippen molar-refractivity contribution in [2.75, 3.05) is 0 Å². The first-order valence-electron chi connectivity index (χ1n) is 39.0. The van der Waals surface area contributed by atoms with Crippen LogP contribution in [0.15, 0.2) is 315 Å². The van der Waals surface area contributed by atoms with E-state index < -0.39 is 0 Å². The Balaban J connectivity index is 0.0000000847. The van der Waals surface area contributed by atoms with E-state index in [0.717, 1.165) is 46.0 Å². The fourth-order valence-electron chi connectivity index (χ4n) is 21.0. The molecule has 0 N–H and O–H groups in total. The molecule has 0 aliphatic carbocycles. The molecule has 0 radical (unpaired) electrons. The molecule has 520 valence electrons. The van der Waals surface area contributed by atoms with Gasteiger partial charge in [0.15, 0.2) is 0 Å². The van der Waals surface area contributed by atoms with Gasteiger partial charge in [0.25, 0.3) is 26.9 Å². The molecular formula is C100H64B4N4O4. The number of aryl methyl sites for hydroxylation is 4. The maximum atomic E-state index is 6.37. The SMILES string of the molecule is Cc1ccc2c(c1)c1ccc3c4c1n2-c1ccccc1B4c1ccccc1O3.Cc1ccc2c3ccc4c5c3n(c2c1)-c1ccccc1B5c1ccccc1O4.Cc1cccc2c1-n1c3ccccc3c3ccc4c(c31)B2c1ccccc1O4.Cc1cccc2c3ccc4c5c3n(c12)-c1ccccc1B5c1ccccc1O4. The molecule has 8 aliphatic heterocycles. The van der Waals surface area contributed by atoms with Gasteiger partial charge >= 0.3 is 0 Å². The highest BCUT2D eigenvalue weighted by Gasteiger charge is 2.45. The van der Waals surface area contributed by atoms with Crippen molar-refractivity contribution in [1.29, 1.82) is 0 Å². The lowest BCUT2D eigenvalue weighted by molar-refractivity contribution is 0.487. The largest absolute Gasteiger partial charge is 0.458 e. The standard InChI is InChI=1S/4C25H16BNO/c1-15-7-6-8-16-17-13-14-22-23-25(17)27(24(15)16)20-11-4-2-9-18(20)26(23)19-10-3-5-12-21(19)28-22;1-15-7-6-10-19-24(15)27-20-11-4-2-8-16(20)17-13-14-22-23(25(17)27)26(19)18-9-3-5-12-21(18)28-22;1-15-10-12-20-17(14-15)16-11-13-23-24-25(16)27(20)21-8-4-2-6-18(21)26(24)19-7-3-5-9-22(19)28-23;1-15-10-11-16-17-12-13-23-24-25(17)27(21(16)14-15)20-8-4-2-6-18(20)26(24)19-7-3-5-9-22(19)28-23/h4*2-14H,1H3. The summed E-state index contributed by atoms with van der Waals surface area (Å²) in [5.74, 6) is 7.79. The van der Waals surface area contributed by atoms with Crippen LogP contribution in [0.1, 0.15) is 22.3 Å². The zero-order chi connectivity index (χ0) is 73.6. The first-order valence-corrected chi connectivity index (χ1v) is 39.0. The summed E-state index contributed by atoms with van der Waals surface area (Å²) in [5, 5.41) is 10.4. The number of fused-ring (bicyclic) bond motifs is 32. The van der Waals surface area contributed by atoms with Gasteiger partial charge in [-0.05, 0) is 225 Å². The average Bonchev–Trinajstić information content (AvgIpc) is 1.51. The monoisotopic (exact) mass is 1430 g/mol. The molecule has 0 saturated heterocycles. The number of rotatable bonds is 0. The van der Waals surface area contributed by atoms with Crippen LogP contribution >= 0.6 is 0 Å². The molecule has 8 nitrogen and oxygen atoms in total. The lowest BCUT2D eigenvalue weighted by atomic mass is 9.34. The van der Waals surface area contributed by atoms with Gasteiger partial charge in [0.1, 0.15) is 46.0 Å². The number of nitrogens with zero attached hydrogens (tertiary/aromatic N) is 4. The van der Waals surface area contributed by atoms with E-state index in [2.05, 4.69) is 361 Å². The Morgan fingerprint density at radius 2 is 0.536 bits per heavy atom. The van der Waals surface area contributed by atoms with E-state index in [4.69, 9.17) is 18.9 Å². The zero-order valence-electron chi connectivity index (χ0n) is 61.8. The van der Waals surface area contributed by atoms with Gasteiger partial charge in [-0.2, -0.15) is 0 Å². The molecule has 12 heterocycles. The minimum Gasteiger partial charge on any atom is -0.458 e. The van der Waals surface area contributed by atoms with Crippen LogP contribution in [0.2, 0.25) is 0 Å². The lowest BCUT2D eigenvalue weighted by Crippen LogP contribution is -2.58. The van der Waals surface area contributed by atoms with Gasteiger partial charge in [0.2, 0.25) is 0 Å². The van der Waals surface area contributed by atoms with Crippen LogP contribution in [0.5, 0.6) is 46.0 Å². The van der Waals surface area contributed by atoms with Crippen molar-refractivity contribution in [1.82, 2.24) is 18.3 Å². The minimum absolute atomic E-state index is 0.204. The minimum atomic E-state index is 0.204. The van der Waals surface area contributed by atoms with Crippen LogP contribution in [0.25, 0.3) is 110 Å². The Bertz CT molecular complexity index is 7580. The highest BCUT2D eigenvalue weighted by atomic mass is 16.5. The quantitative estimate of drug-likeness (QED) is 0.142. The fraction of sp³-hybridized carbons (Fsp3) is 0.0400. The number of hydrogen-bond acceptors (Lipinski definition) is 4. The Kier molecular flexibility index (Phi) is 12.7. The van der Waals surface area contributed by atoms with Crippen LogP contribution in [0.3, 0.4) is 0 Å². The van der Waals surface area contributed by atoms with Gasteiger partial charge in [-0.15, -0.1) is 0 Å². The molecule has 0 amide bonds. The van der Waals surface area contributed by atoms with Crippen LogP contribution in [-0.4, -0.2) is 45.1 Å². The molecule has 0 unspecified atom stereocenters. The van der Waals surface area contributed by atoms with Crippen LogP contribution in [0, 0.1) is 27.7 Å². The molecule has 20 aromatic rings.